The van der Waals surface area contributed by atoms with Crippen LogP contribution >= 0.6 is 11.6 Å². The lowest BCUT2D eigenvalue weighted by Gasteiger charge is -2.35. The van der Waals surface area contributed by atoms with Gasteiger partial charge in [0.15, 0.2) is 0 Å². The number of hydrogen-bond donors (Lipinski definition) is 0. The molecule has 20 heteroatoms. The van der Waals surface area contributed by atoms with Crippen LogP contribution in [0.3, 0.4) is 0 Å². The van der Waals surface area contributed by atoms with E-state index in [-0.39, 0.29) is 0 Å². The van der Waals surface area contributed by atoms with E-state index >= 15 is 8.78 Å². The lowest BCUT2D eigenvalue weighted by atomic mass is 10.0. The zero-order valence-electron chi connectivity index (χ0n) is 40.4. The van der Waals surface area contributed by atoms with Gasteiger partial charge in [0.25, 0.3) is 0 Å². The van der Waals surface area contributed by atoms with Gasteiger partial charge in [-0.25, -0.2) is 38.1 Å². The van der Waals surface area contributed by atoms with Gasteiger partial charge < -0.3 is 24.2 Å². The second kappa shape index (κ2) is 21.2. The highest BCUT2D eigenvalue weighted by Gasteiger charge is 2.24. The Balaban J connectivity index is 0.000000161. The smallest absolute Gasteiger partial charge is 0.219 e. The van der Waals surface area contributed by atoms with Crippen molar-refractivity contribution in [2.45, 2.75) is 0 Å². The Bertz CT molecular complexity index is 3800. The van der Waals surface area contributed by atoms with Crippen LogP contribution in [0.25, 0.3) is 66.1 Å². The van der Waals surface area contributed by atoms with Gasteiger partial charge >= 0.3 is 0 Å². The summed E-state index contributed by atoms with van der Waals surface area (Å²) in [7, 11) is 1.54. The average molecular weight is 1020 g/mol. The van der Waals surface area contributed by atoms with Crippen LogP contribution in [0, 0.1) is 34.3 Å². The molecule has 2 aliphatic heterocycles. The summed E-state index contributed by atoms with van der Waals surface area (Å²) in [5.74, 6) is 1.58. The predicted octanol–water partition coefficient (Wildman–Crippen LogP) is 9.37. The average Bonchev–Trinajstić information content (AvgIpc) is 4.09. The van der Waals surface area contributed by atoms with Crippen molar-refractivity contribution in [2.24, 2.45) is 0 Å². The third-order valence-electron chi connectivity index (χ3n) is 13.2. The van der Waals surface area contributed by atoms with Gasteiger partial charge in [-0.3, -0.25) is 19.8 Å². The third kappa shape index (κ3) is 9.95. The van der Waals surface area contributed by atoms with Gasteiger partial charge in [0.2, 0.25) is 11.8 Å². The van der Waals surface area contributed by atoms with Crippen LogP contribution in [0.15, 0.2) is 135 Å². The summed E-state index contributed by atoms with van der Waals surface area (Å²) < 4.78 is 52.0. The van der Waals surface area contributed by atoms with Crippen LogP contribution in [-0.2, 0) is 0 Å². The SMILES string of the molecule is COc1cc(Oc2ccccn2)ccc1-c1cc2c(cc1F)ncc1ncn(N3CCN(CC#N)CC3)c12.N#CCN1CCN(n2cnc3cnc4cc(F)c(-c5ccc(Oc6ccccn6)cc5Cl)cc4c32)CC1. The summed E-state index contributed by atoms with van der Waals surface area (Å²) in [6, 6.07) is 32.1. The number of methoxy groups -OCH3 is 1. The Morgan fingerprint density at radius 2 is 1.01 bits per heavy atom. The van der Waals surface area contributed by atoms with E-state index < -0.39 is 11.6 Å². The normalized spacial score (nSPS) is 14.2. The van der Waals surface area contributed by atoms with Crippen LogP contribution < -0.4 is 24.2 Å². The number of benzene rings is 4. The summed E-state index contributed by atoms with van der Waals surface area (Å²) >= 11 is 6.61. The molecule has 0 amide bonds. The number of ether oxygens (including phenoxy) is 3. The van der Waals surface area contributed by atoms with Gasteiger partial charge in [-0.15, -0.1) is 0 Å². The number of halogens is 3. The van der Waals surface area contributed by atoms with E-state index in [1.54, 1.807) is 111 Å². The maximum Gasteiger partial charge on any atom is 0.219 e. The summed E-state index contributed by atoms with van der Waals surface area (Å²) in [4.78, 5) is 30.6. The Morgan fingerprint density at radius 3 is 1.47 bits per heavy atom. The molecule has 0 saturated carbocycles. The van der Waals surface area contributed by atoms with Crippen molar-refractivity contribution in [1.29, 1.82) is 10.5 Å². The first-order valence-electron chi connectivity index (χ1n) is 24.0. The van der Waals surface area contributed by atoms with E-state index in [9.17, 15) is 0 Å². The Morgan fingerprint density at radius 1 is 0.533 bits per heavy atom. The molecule has 0 spiro atoms. The van der Waals surface area contributed by atoms with Crippen molar-refractivity contribution in [3.05, 3.63) is 151 Å². The number of nitriles is 2. The Labute approximate surface area is 433 Å². The van der Waals surface area contributed by atoms with Gasteiger partial charge in [0.1, 0.15) is 63.6 Å². The van der Waals surface area contributed by atoms with Gasteiger partial charge in [-0.1, -0.05) is 23.7 Å². The minimum atomic E-state index is -0.421. The number of piperazine rings is 2. The fourth-order valence-electron chi connectivity index (χ4n) is 9.45. The van der Waals surface area contributed by atoms with Crippen LogP contribution in [0.4, 0.5) is 8.78 Å². The molecule has 0 N–H and O–H groups in total. The third-order valence-corrected chi connectivity index (χ3v) is 13.5. The molecule has 4 aromatic carbocycles. The monoisotopic (exact) mass is 1020 g/mol. The number of rotatable bonds is 11. The second-order valence-electron chi connectivity index (χ2n) is 17.7. The van der Waals surface area contributed by atoms with E-state index in [0.717, 1.165) is 85.2 Å². The van der Waals surface area contributed by atoms with Gasteiger partial charge in [0.05, 0.1) is 60.8 Å². The zero-order chi connectivity index (χ0) is 51.4. The summed E-state index contributed by atoms with van der Waals surface area (Å²) in [5.41, 5.74) is 6.11. The van der Waals surface area contributed by atoms with Crippen molar-refractivity contribution in [1.82, 2.24) is 49.1 Å². The Kier molecular flexibility index (Phi) is 13.7. The molecule has 17 nitrogen and oxygen atoms in total. The number of nitrogens with zero attached hydrogens (tertiary/aromatic N) is 14. The number of fused-ring (bicyclic) bond motifs is 6. The molecule has 75 heavy (non-hydrogen) atoms. The standard InChI is InChI=1S/C28H24FN7O2.C27H21ClFN7O/c1-37-26-14-19(38-27-4-2-3-8-31-27)5-6-20(26)21-15-22-24(16-23(21)29)32-17-25-28(22)36(18-33-25)35-12-10-34(9-7-30)11-13-35;28-22-13-18(37-26-3-1-2-7-31-26)4-5-19(22)20-14-21-24(15-23(20)29)32-16-25-27(21)36(17-33-25)35-11-9-34(8-6-30)10-12-35/h2-6,8,14-18H,9-13H2,1H3;1-5,7,13-17H,8-12H2. The van der Waals surface area contributed by atoms with Crippen LogP contribution in [0.1, 0.15) is 0 Å². The Hall–Kier alpha value is -9.01. The summed E-state index contributed by atoms with van der Waals surface area (Å²) in [6.45, 7) is 6.93. The van der Waals surface area contributed by atoms with Crippen molar-refractivity contribution in [2.75, 3.05) is 82.6 Å². The highest BCUT2D eigenvalue weighted by molar-refractivity contribution is 6.33. The fourth-order valence-corrected chi connectivity index (χ4v) is 9.73. The van der Waals surface area contributed by atoms with Crippen molar-refractivity contribution in [3.8, 4) is 63.4 Å². The lowest BCUT2D eigenvalue weighted by Crippen LogP contribution is -2.50. The van der Waals surface area contributed by atoms with E-state index in [4.69, 9.17) is 36.3 Å². The lowest BCUT2D eigenvalue weighted by molar-refractivity contribution is 0.267. The topological polar surface area (TPSA) is 175 Å². The van der Waals surface area contributed by atoms with E-state index in [2.05, 4.69) is 61.9 Å². The minimum Gasteiger partial charge on any atom is -0.496 e. The molecule has 0 radical (unpaired) electrons. The van der Waals surface area contributed by atoms with Crippen molar-refractivity contribution in [3.63, 3.8) is 0 Å². The summed E-state index contributed by atoms with van der Waals surface area (Å²) in [6.07, 6.45) is 10.2. The molecular formula is C55H45ClF2N14O3. The largest absolute Gasteiger partial charge is 0.496 e. The molecule has 0 unspecified atom stereocenters. The van der Waals surface area contributed by atoms with E-state index in [1.807, 2.05) is 27.6 Å². The molecule has 12 rings (SSSR count). The fraction of sp³-hybridized carbons (Fsp3) is 0.200. The predicted molar refractivity (Wildman–Crippen MR) is 281 cm³/mol. The molecule has 8 heterocycles. The highest BCUT2D eigenvalue weighted by Crippen LogP contribution is 2.40. The highest BCUT2D eigenvalue weighted by atomic mass is 35.5. The number of hydrogen-bond acceptors (Lipinski definition) is 15. The molecule has 2 saturated heterocycles. The molecule has 0 atom stereocenters. The van der Waals surface area contributed by atoms with E-state index in [0.29, 0.717) is 80.4 Å². The first kappa shape index (κ1) is 48.3. The second-order valence-corrected chi connectivity index (χ2v) is 18.1. The van der Waals surface area contributed by atoms with Crippen LogP contribution in [0.5, 0.6) is 29.0 Å². The minimum absolute atomic E-state index is 0.355. The molecular weight excluding hydrogens is 978 g/mol. The maximum atomic E-state index is 15.5. The first-order valence-corrected chi connectivity index (χ1v) is 24.4. The van der Waals surface area contributed by atoms with Crippen LogP contribution in [0.2, 0.25) is 5.02 Å². The zero-order valence-corrected chi connectivity index (χ0v) is 41.1. The molecule has 6 aromatic heterocycles. The molecule has 0 aliphatic carbocycles. The molecule has 2 fully saturated rings. The number of imidazole rings is 2. The van der Waals surface area contributed by atoms with Gasteiger partial charge in [0, 0.05) is 134 Å². The quantitative estimate of drug-likeness (QED) is 0.112. The first-order chi connectivity index (χ1) is 36.7. The maximum absolute atomic E-state index is 15.5. The van der Waals surface area contributed by atoms with Crippen molar-refractivity contribution < 1.29 is 23.0 Å². The number of pyridine rings is 4. The van der Waals surface area contributed by atoms with E-state index in [1.165, 1.54) is 12.1 Å². The van der Waals surface area contributed by atoms with Crippen LogP contribution in [-0.4, -0.2) is 122 Å². The van der Waals surface area contributed by atoms with Gasteiger partial charge in [-0.2, -0.15) is 10.5 Å². The van der Waals surface area contributed by atoms with Crippen molar-refractivity contribution >= 4 is 55.5 Å². The number of aromatic nitrogens is 8. The molecule has 10 aromatic rings. The molecule has 0 bridgehead atoms. The van der Waals surface area contributed by atoms with Gasteiger partial charge in [-0.05, 0) is 48.5 Å². The summed E-state index contributed by atoms with van der Waals surface area (Å²) in [5, 5.41) is 24.3. The molecule has 2 aliphatic rings. The molecule has 374 valence electrons.